The predicted octanol–water partition coefficient (Wildman–Crippen LogP) is 5.90. The van der Waals surface area contributed by atoms with Gasteiger partial charge in [0.25, 0.3) is 0 Å². The molecule has 0 saturated heterocycles. The van der Waals surface area contributed by atoms with E-state index in [0.717, 1.165) is 45.8 Å². The van der Waals surface area contributed by atoms with Gasteiger partial charge in [-0.25, -0.2) is 19.2 Å². The van der Waals surface area contributed by atoms with E-state index in [1.165, 1.54) is 6.07 Å². The Morgan fingerprint density at radius 2 is 2.13 bits per heavy atom. The first-order valence-corrected chi connectivity index (χ1v) is 10.4. The van der Waals surface area contributed by atoms with Crippen LogP contribution < -0.4 is 5.32 Å². The fourth-order valence-electron chi connectivity index (χ4n) is 3.39. The lowest BCUT2D eigenvalue weighted by Crippen LogP contribution is -2.32. The maximum Gasteiger partial charge on any atom is 0.343 e. The Labute approximate surface area is 182 Å². The third-order valence-corrected chi connectivity index (χ3v) is 5.48. The Balaban J connectivity index is 1.58. The van der Waals surface area contributed by atoms with Gasteiger partial charge >= 0.3 is 6.03 Å². The van der Waals surface area contributed by atoms with Gasteiger partial charge in [-0.1, -0.05) is 6.08 Å². The van der Waals surface area contributed by atoms with Crippen LogP contribution in [0, 0.1) is 5.82 Å². The first-order valence-electron chi connectivity index (χ1n) is 9.61. The van der Waals surface area contributed by atoms with Crippen molar-refractivity contribution >= 4 is 55.7 Å². The fraction of sp³-hybridized carbons (Fsp3) is 0.227. The van der Waals surface area contributed by atoms with Gasteiger partial charge in [0, 0.05) is 41.8 Å². The standard InChI is InChI=1S/C22H21BrFN5O/c1-13(2)26-22(30)29-9-6-14(7-10-29)20-12-16-19(5-8-25-21(16)28-20)27-15-3-4-18(24)17(23)11-15/h3-6,8,11-12H,7,9-10H2,1-2H3,(H2,25,27,28). The Hall–Kier alpha value is -3.00. The molecule has 0 unspecified atom stereocenters. The van der Waals surface area contributed by atoms with Crippen molar-refractivity contribution < 1.29 is 9.18 Å². The molecule has 1 aromatic carbocycles. The molecule has 0 spiro atoms. The third-order valence-electron chi connectivity index (χ3n) is 4.88. The van der Waals surface area contributed by atoms with Gasteiger partial charge in [0.05, 0.1) is 10.2 Å². The summed E-state index contributed by atoms with van der Waals surface area (Å²) < 4.78 is 13.9. The summed E-state index contributed by atoms with van der Waals surface area (Å²) in [5.74, 6) is -0.305. The zero-order chi connectivity index (χ0) is 21.3. The Morgan fingerprint density at radius 3 is 2.83 bits per heavy atom. The van der Waals surface area contributed by atoms with Crippen molar-refractivity contribution in [3.05, 3.63) is 58.6 Å². The summed E-state index contributed by atoms with van der Waals surface area (Å²) >= 11 is 3.22. The van der Waals surface area contributed by atoms with Crippen LogP contribution in [0.1, 0.15) is 26.0 Å². The second kappa shape index (κ2) is 8.39. The first-order chi connectivity index (χ1) is 14.4. The minimum Gasteiger partial charge on any atom is -0.355 e. The molecule has 2 aromatic heterocycles. The maximum absolute atomic E-state index is 13.5. The number of anilines is 2. The molecule has 3 heterocycles. The number of hydrogen-bond donors (Lipinski definition) is 2. The number of nitrogens with one attached hydrogen (secondary N) is 2. The van der Waals surface area contributed by atoms with E-state index in [9.17, 15) is 9.18 Å². The van der Waals surface area contributed by atoms with E-state index in [-0.39, 0.29) is 11.8 Å². The second-order valence-electron chi connectivity index (χ2n) is 7.32. The summed E-state index contributed by atoms with van der Waals surface area (Å²) in [5.41, 5.74) is 5.30. The quantitative estimate of drug-likeness (QED) is 0.469. The molecule has 0 atom stereocenters. The molecule has 8 heteroatoms. The first kappa shape index (κ1) is 20.3. The minimum atomic E-state index is -0.305. The van der Waals surface area contributed by atoms with E-state index in [1.54, 1.807) is 23.2 Å². The average molecular weight is 470 g/mol. The highest BCUT2D eigenvalue weighted by Gasteiger charge is 2.19. The van der Waals surface area contributed by atoms with E-state index in [1.807, 2.05) is 19.9 Å². The minimum absolute atomic E-state index is 0.194. The molecule has 2 amide bonds. The second-order valence-corrected chi connectivity index (χ2v) is 8.18. The highest BCUT2D eigenvalue weighted by Crippen LogP contribution is 2.31. The van der Waals surface area contributed by atoms with E-state index >= 15 is 0 Å². The zero-order valence-electron chi connectivity index (χ0n) is 16.7. The van der Waals surface area contributed by atoms with Crippen molar-refractivity contribution in [2.75, 3.05) is 18.4 Å². The van der Waals surface area contributed by atoms with Gasteiger partial charge in [-0.05, 0) is 72.1 Å². The van der Waals surface area contributed by atoms with Gasteiger partial charge in [0.2, 0.25) is 0 Å². The van der Waals surface area contributed by atoms with Gasteiger partial charge in [0.1, 0.15) is 11.5 Å². The Kier molecular flexibility index (Phi) is 5.67. The number of benzene rings is 1. The number of hydrogen-bond acceptors (Lipinski definition) is 3. The Morgan fingerprint density at radius 1 is 1.30 bits per heavy atom. The van der Waals surface area contributed by atoms with Crippen LogP contribution >= 0.6 is 15.9 Å². The number of rotatable bonds is 3. The van der Waals surface area contributed by atoms with Crippen molar-refractivity contribution in [2.45, 2.75) is 20.3 Å². The molecular formula is C22H21BrFN5O. The van der Waals surface area contributed by atoms with Gasteiger partial charge in [-0.2, -0.15) is 0 Å². The summed E-state index contributed by atoms with van der Waals surface area (Å²) in [5, 5.41) is 4.27. The molecule has 0 radical (unpaired) electrons. The zero-order valence-corrected chi connectivity index (χ0v) is 18.3. The Bertz CT molecular complexity index is 1180. The molecule has 0 saturated carbocycles. The summed E-state index contributed by atoms with van der Waals surface area (Å²) in [6.45, 7) is 4.79. The smallest absolute Gasteiger partial charge is 0.343 e. The van der Waals surface area contributed by atoms with Crippen molar-refractivity contribution in [1.29, 1.82) is 0 Å². The lowest BCUT2D eigenvalue weighted by Gasteiger charge is -2.24. The number of aliphatic imine (C=N–C) groups is 1. The highest BCUT2D eigenvalue weighted by molar-refractivity contribution is 9.10. The number of pyridine rings is 1. The summed E-state index contributed by atoms with van der Waals surface area (Å²) in [4.78, 5) is 25.7. The number of nitrogens with zero attached hydrogens (tertiary/aromatic N) is 3. The number of halogens is 2. The number of aromatic nitrogens is 2. The number of H-pyrrole nitrogens is 1. The molecule has 0 fully saturated rings. The summed E-state index contributed by atoms with van der Waals surface area (Å²) in [7, 11) is 0. The van der Waals surface area contributed by atoms with Gasteiger partial charge in [-0.15, -0.1) is 0 Å². The molecule has 3 aromatic rings. The van der Waals surface area contributed by atoms with Crippen LogP contribution in [-0.2, 0) is 0 Å². The highest BCUT2D eigenvalue weighted by atomic mass is 79.9. The van der Waals surface area contributed by atoms with E-state index in [2.05, 4.69) is 48.3 Å². The van der Waals surface area contributed by atoms with Crippen LogP contribution in [0.4, 0.5) is 20.6 Å². The molecule has 1 aliphatic heterocycles. The molecule has 0 aliphatic carbocycles. The van der Waals surface area contributed by atoms with Crippen LogP contribution in [0.5, 0.6) is 0 Å². The largest absolute Gasteiger partial charge is 0.355 e. The van der Waals surface area contributed by atoms with Crippen molar-refractivity contribution in [3.8, 4) is 0 Å². The molecule has 6 nitrogen and oxygen atoms in total. The predicted molar refractivity (Wildman–Crippen MR) is 122 cm³/mol. The van der Waals surface area contributed by atoms with E-state index in [4.69, 9.17) is 0 Å². The fourth-order valence-corrected chi connectivity index (χ4v) is 3.77. The third kappa shape index (κ3) is 4.28. The van der Waals surface area contributed by atoms with Crippen LogP contribution in [0.15, 0.2) is 52.1 Å². The number of amides is 2. The number of carbonyl (C=O) groups is 1. The number of carbonyl (C=O) groups excluding carboxylic acids is 1. The molecule has 154 valence electrons. The van der Waals surface area contributed by atoms with Gasteiger partial charge in [-0.3, -0.25) is 0 Å². The molecule has 30 heavy (non-hydrogen) atoms. The normalized spacial score (nSPS) is 13.9. The van der Waals surface area contributed by atoms with Crippen molar-refractivity contribution in [1.82, 2.24) is 14.9 Å². The number of urea groups is 1. The average Bonchev–Trinajstić information content (AvgIpc) is 3.16. The van der Waals surface area contributed by atoms with Crippen LogP contribution in [0.3, 0.4) is 0 Å². The monoisotopic (exact) mass is 469 g/mol. The van der Waals surface area contributed by atoms with Crippen molar-refractivity contribution in [3.63, 3.8) is 0 Å². The number of aromatic amines is 1. The van der Waals surface area contributed by atoms with E-state index < -0.39 is 0 Å². The molecule has 0 bridgehead atoms. The van der Waals surface area contributed by atoms with Crippen LogP contribution in [0.25, 0.3) is 16.6 Å². The van der Waals surface area contributed by atoms with Crippen LogP contribution in [-0.4, -0.2) is 39.7 Å². The van der Waals surface area contributed by atoms with Crippen molar-refractivity contribution in [2.24, 2.45) is 4.99 Å². The molecule has 4 rings (SSSR count). The summed E-state index contributed by atoms with van der Waals surface area (Å²) in [6.07, 6.45) is 4.52. The van der Waals surface area contributed by atoms with E-state index in [0.29, 0.717) is 17.6 Å². The van der Waals surface area contributed by atoms with Crippen LogP contribution in [0.2, 0.25) is 0 Å². The lowest BCUT2D eigenvalue weighted by molar-refractivity contribution is 0.213. The summed E-state index contributed by atoms with van der Waals surface area (Å²) in [6, 6.07) is 8.55. The van der Waals surface area contributed by atoms with Gasteiger partial charge in [0.15, 0.2) is 0 Å². The lowest BCUT2D eigenvalue weighted by atomic mass is 10.0. The molecule has 2 N–H and O–H groups in total. The molecular weight excluding hydrogens is 449 g/mol. The molecule has 1 aliphatic rings. The maximum atomic E-state index is 13.5. The number of fused-ring (bicyclic) bond motifs is 1. The van der Waals surface area contributed by atoms with Gasteiger partial charge < -0.3 is 15.2 Å². The topological polar surface area (TPSA) is 73.4 Å². The SMILES string of the molecule is CC(C)=NC(=O)N1CC=C(c2cc3c(Nc4ccc(F)c(Br)c4)ccnc3[nH]2)CC1.